The van der Waals surface area contributed by atoms with E-state index < -0.39 is 32.0 Å². The molecule has 5 nitrogen and oxygen atoms in total. The third kappa shape index (κ3) is 4.71. The van der Waals surface area contributed by atoms with Crippen LogP contribution in [-0.2, 0) is 20.4 Å². The minimum Gasteiger partial charge on any atom is -0.298 e. The van der Waals surface area contributed by atoms with Crippen molar-refractivity contribution in [2.45, 2.75) is 51.5 Å². The fraction of sp³-hybridized carbons (Fsp3) is 1.00. The highest BCUT2D eigenvalue weighted by atomic mass is 32.3. The van der Waals surface area contributed by atoms with Crippen molar-refractivity contribution in [3.8, 4) is 0 Å². The van der Waals surface area contributed by atoms with Gasteiger partial charge < -0.3 is 0 Å². The van der Waals surface area contributed by atoms with Crippen LogP contribution in [0.3, 0.4) is 0 Å². The van der Waals surface area contributed by atoms with Crippen LogP contribution in [0.25, 0.3) is 0 Å². The summed E-state index contributed by atoms with van der Waals surface area (Å²) in [7, 11) is -9.29. The van der Waals surface area contributed by atoms with Crippen LogP contribution in [-0.4, -0.2) is 52.4 Å². The van der Waals surface area contributed by atoms with Crippen LogP contribution in [0.5, 0.6) is 0 Å². The molecule has 146 valence electrons. The van der Waals surface area contributed by atoms with Crippen LogP contribution < -0.4 is 0 Å². The van der Waals surface area contributed by atoms with Crippen molar-refractivity contribution in [3.05, 3.63) is 0 Å². The van der Waals surface area contributed by atoms with E-state index in [9.17, 15) is 24.6 Å². The maximum atomic E-state index is 13.0. The summed E-state index contributed by atoms with van der Waals surface area (Å²) in [6.07, 6.45) is 6.93. The van der Waals surface area contributed by atoms with E-state index in [1.807, 2.05) is 6.92 Å². The third-order valence-corrected chi connectivity index (χ3v) is 8.10. The first-order chi connectivity index (χ1) is 11.5. The molecule has 4 aliphatic carbocycles. The summed E-state index contributed by atoms with van der Waals surface area (Å²) in [5.74, 6) is 0.688. The monoisotopic (exact) mass is 399 g/mol. The molecule has 0 aromatic heterocycles. The lowest BCUT2D eigenvalue weighted by Crippen LogP contribution is -2.57. The lowest BCUT2D eigenvalue weighted by molar-refractivity contribution is -0.0949. The molecule has 4 saturated carbocycles. The SMILES string of the molecule is CC(N(CCS(=O)(=O)F)CCS(=O)(=O)F)C12CC3CC(CC(C3)C1)C2. The number of hydrogen-bond donors (Lipinski definition) is 0. The molecule has 4 fully saturated rings. The highest BCUT2D eigenvalue weighted by Gasteiger charge is 2.54. The molecule has 4 bridgehead atoms. The summed E-state index contributed by atoms with van der Waals surface area (Å²) in [5, 5.41) is 0. The van der Waals surface area contributed by atoms with E-state index >= 15 is 0 Å². The molecule has 4 aliphatic rings. The normalized spacial score (nSPS) is 36.1. The number of halogens is 2. The first-order valence-electron chi connectivity index (χ1n) is 9.04. The molecule has 0 aromatic rings. The Hall–Kier alpha value is -0.280. The molecule has 1 unspecified atom stereocenters. The molecule has 0 heterocycles. The molecule has 25 heavy (non-hydrogen) atoms. The van der Waals surface area contributed by atoms with Crippen molar-refractivity contribution >= 4 is 20.4 Å². The third-order valence-electron chi connectivity index (χ3n) is 6.76. The van der Waals surface area contributed by atoms with Gasteiger partial charge in [0.15, 0.2) is 0 Å². The van der Waals surface area contributed by atoms with Gasteiger partial charge in [0, 0.05) is 19.1 Å². The summed E-state index contributed by atoms with van der Waals surface area (Å²) in [4.78, 5) is 1.68. The number of hydrogen-bond acceptors (Lipinski definition) is 5. The van der Waals surface area contributed by atoms with Crippen LogP contribution in [0.4, 0.5) is 7.77 Å². The van der Waals surface area contributed by atoms with Crippen LogP contribution in [0.1, 0.15) is 45.4 Å². The summed E-state index contributed by atoms with van der Waals surface area (Å²) in [5.41, 5.74) is 0.0227. The smallest absolute Gasteiger partial charge is 0.298 e. The second-order valence-corrected chi connectivity index (χ2v) is 11.4. The summed E-state index contributed by atoms with van der Waals surface area (Å²) in [6, 6.07) is -0.0793. The maximum absolute atomic E-state index is 13.0. The van der Waals surface area contributed by atoms with Crippen molar-refractivity contribution in [2.24, 2.45) is 23.2 Å². The predicted octanol–water partition coefficient (Wildman–Crippen LogP) is 2.49. The minimum atomic E-state index is -4.65. The van der Waals surface area contributed by atoms with Crippen molar-refractivity contribution < 1.29 is 24.6 Å². The van der Waals surface area contributed by atoms with Crippen LogP contribution >= 0.6 is 0 Å². The van der Waals surface area contributed by atoms with E-state index in [0.717, 1.165) is 19.3 Å². The van der Waals surface area contributed by atoms with E-state index in [4.69, 9.17) is 0 Å². The molecule has 9 heteroatoms. The van der Waals surface area contributed by atoms with E-state index in [0.29, 0.717) is 17.8 Å². The first kappa shape index (κ1) is 19.5. The van der Waals surface area contributed by atoms with Gasteiger partial charge in [-0.15, -0.1) is 7.77 Å². The van der Waals surface area contributed by atoms with Crippen LogP contribution in [0, 0.1) is 23.2 Å². The molecule has 0 aliphatic heterocycles. The Bertz CT molecular complexity index is 636. The highest BCUT2D eigenvalue weighted by molar-refractivity contribution is 7.86. The average Bonchev–Trinajstić information content (AvgIpc) is 2.43. The molecule has 1 atom stereocenters. The zero-order chi connectivity index (χ0) is 18.5. The van der Waals surface area contributed by atoms with Gasteiger partial charge in [-0.1, -0.05) is 0 Å². The van der Waals surface area contributed by atoms with Gasteiger partial charge in [-0.3, -0.25) is 4.90 Å². The lowest BCUT2D eigenvalue weighted by atomic mass is 9.47. The Balaban J connectivity index is 1.76. The Labute approximate surface area is 149 Å². The Morgan fingerprint density at radius 2 is 1.24 bits per heavy atom. The molecule has 0 saturated heterocycles. The van der Waals surface area contributed by atoms with E-state index in [2.05, 4.69) is 0 Å². The summed E-state index contributed by atoms with van der Waals surface area (Å²) in [6.45, 7) is 1.78. The molecule has 0 spiro atoms. The predicted molar refractivity (Wildman–Crippen MR) is 91.4 cm³/mol. The Morgan fingerprint density at radius 1 is 0.880 bits per heavy atom. The summed E-state index contributed by atoms with van der Waals surface area (Å²) < 4.78 is 69.7. The van der Waals surface area contributed by atoms with Crippen LogP contribution in [0.2, 0.25) is 0 Å². The second kappa shape index (κ2) is 6.71. The molecule has 0 radical (unpaired) electrons. The Kier molecular flexibility index (Phi) is 5.23. The van der Waals surface area contributed by atoms with Crippen molar-refractivity contribution in [3.63, 3.8) is 0 Å². The fourth-order valence-corrected chi connectivity index (χ4v) is 6.93. The largest absolute Gasteiger partial charge is 0.303 e. The first-order valence-corrected chi connectivity index (χ1v) is 12.1. The molecule has 0 aromatic carbocycles. The number of rotatable bonds is 8. The van der Waals surface area contributed by atoms with Gasteiger partial charge in [-0.05, 0) is 68.6 Å². The summed E-state index contributed by atoms with van der Waals surface area (Å²) >= 11 is 0. The highest BCUT2D eigenvalue weighted by Crippen LogP contribution is 2.61. The molecular formula is C16H27F2NO4S2. The van der Waals surface area contributed by atoms with E-state index in [1.54, 1.807) is 4.90 Å². The van der Waals surface area contributed by atoms with Gasteiger partial charge in [0.1, 0.15) is 0 Å². The zero-order valence-electron chi connectivity index (χ0n) is 14.5. The topological polar surface area (TPSA) is 71.5 Å². The van der Waals surface area contributed by atoms with Crippen molar-refractivity contribution in [2.75, 3.05) is 24.6 Å². The molecule has 0 N–H and O–H groups in total. The van der Waals surface area contributed by atoms with Gasteiger partial charge in [0.05, 0.1) is 11.5 Å². The zero-order valence-corrected chi connectivity index (χ0v) is 16.2. The minimum absolute atomic E-state index is 0.0227. The van der Waals surface area contributed by atoms with Gasteiger partial charge in [0.25, 0.3) is 0 Å². The fourth-order valence-electron chi connectivity index (χ4n) is 6.03. The molecular weight excluding hydrogens is 372 g/mol. The standard InChI is InChI=1S/C16H27F2NO4S2/c1-12(16-9-13-6-14(10-16)8-15(7-13)11-16)19(2-4-24(17,20)21)3-5-25(18,22)23/h12-15H,2-11H2,1H3. The second-order valence-electron chi connectivity index (χ2n) is 8.48. The number of nitrogens with zero attached hydrogens (tertiary/aromatic N) is 1. The van der Waals surface area contributed by atoms with E-state index in [1.165, 1.54) is 19.3 Å². The maximum Gasteiger partial charge on any atom is 0.303 e. The van der Waals surface area contributed by atoms with Gasteiger partial charge >= 0.3 is 20.4 Å². The lowest BCUT2D eigenvalue weighted by Gasteiger charge is -2.60. The van der Waals surface area contributed by atoms with Crippen molar-refractivity contribution in [1.29, 1.82) is 0 Å². The van der Waals surface area contributed by atoms with Crippen molar-refractivity contribution in [1.82, 2.24) is 4.90 Å². The molecule has 4 rings (SSSR count). The van der Waals surface area contributed by atoms with Crippen LogP contribution in [0.15, 0.2) is 0 Å². The molecule has 0 amide bonds. The quantitative estimate of drug-likeness (QED) is 0.587. The van der Waals surface area contributed by atoms with E-state index in [-0.39, 0.29) is 24.5 Å². The Morgan fingerprint density at radius 3 is 1.56 bits per heavy atom. The van der Waals surface area contributed by atoms with Gasteiger partial charge in [-0.2, -0.15) is 16.8 Å². The average molecular weight is 400 g/mol. The van der Waals surface area contributed by atoms with Gasteiger partial charge in [-0.25, -0.2) is 0 Å². The van der Waals surface area contributed by atoms with Gasteiger partial charge in [0.2, 0.25) is 0 Å².